The first-order chi connectivity index (χ1) is 10.3. The minimum Gasteiger partial charge on any atom is -0.493 e. The van der Waals surface area contributed by atoms with E-state index in [0.29, 0.717) is 12.4 Å². The lowest BCUT2D eigenvalue weighted by atomic mass is 10.3. The number of para-hydroxylation sites is 2. The fourth-order valence-electron chi connectivity index (χ4n) is 1.88. The summed E-state index contributed by atoms with van der Waals surface area (Å²) in [4.78, 5) is 0. The molecule has 0 heterocycles. The van der Waals surface area contributed by atoms with Crippen molar-refractivity contribution in [3.63, 3.8) is 0 Å². The van der Waals surface area contributed by atoms with Gasteiger partial charge in [-0.2, -0.15) is 0 Å². The Labute approximate surface area is 125 Å². The second-order valence-electron chi connectivity index (χ2n) is 4.40. The first kappa shape index (κ1) is 15.2. The highest BCUT2D eigenvalue weighted by atomic mass is 16.5. The normalized spacial score (nSPS) is 10.2. The molecule has 0 spiro atoms. The SMILES string of the molecule is CCOCCNc1ccc(Oc2ccccc2OC)cc1. The maximum absolute atomic E-state index is 5.82. The molecular formula is C17H21NO3. The van der Waals surface area contributed by atoms with Gasteiger partial charge in [0.1, 0.15) is 5.75 Å². The van der Waals surface area contributed by atoms with Crippen LogP contribution in [0.4, 0.5) is 5.69 Å². The number of rotatable bonds is 8. The number of ether oxygens (including phenoxy) is 3. The fraction of sp³-hybridized carbons (Fsp3) is 0.294. The molecule has 0 atom stereocenters. The predicted molar refractivity (Wildman–Crippen MR) is 84.5 cm³/mol. The number of hydrogen-bond acceptors (Lipinski definition) is 4. The van der Waals surface area contributed by atoms with Crippen molar-refractivity contribution in [2.75, 3.05) is 32.2 Å². The van der Waals surface area contributed by atoms with E-state index in [1.807, 2.05) is 55.5 Å². The van der Waals surface area contributed by atoms with Crippen LogP contribution in [0.1, 0.15) is 6.92 Å². The van der Waals surface area contributed by atoms with E-state index in [0.717, 1.165) is 30.3 Å². The van der Waals surface area contributed by atoms with Crippen LogP contribution >= 0.6 is 0 Å². The lowest BCUT2D eigenvalue weighted by molar-refractivity contribution is 0.158. The van der Waals surface area contributed by atoms with E-state index in [4.69, 9.17) is 14.2 Å². The topological polar surface area (TPSA) is 39.7 Å². The molecule has 4 heteroatoms. The van der Waals surface area contributed by atoms with Crippen molar-refractivity contribution in [1.82, 2.24) is 0 Å². The molecule has 2 rings (SSSR count). The molecule has 4 nitrogen and oxygen atoms in total. The van der Waals surface area contributed by atoms with Crippen LogP contribution in [0.2, 0.25) is 0 Å². The number of hydrogen-bond donors (Lipinski definition) is 1. The van der Waals surface area contributed by atoms with Gasteiger partial charge in [0.2, 0.25) is 0 Å². The van der Waals surface area contributed by atoms with Gasteiger partial charge < -0.3 is 19.5 Å². The molecule has 0 saturated heterocycles. The van der Waals surface area contributed by atoms with E-state index in [2.05, 4.69) is 5.32 Å². The molecule has 2 aromatic rings. The van der Waals surface area contributed by atoms with Crippen LogP contribution in [0, 0.1) is 0 Å². The van der Waals surface area contributed by atoms with Crippen LogP contribution in [0.3, 0.4) is 0 Å². The van der Waals surface area contributed by atoms with Gasteiger partial charge >= 0.3 is 0 Å². The average molecular weight is 287 g/mol. The highest BCUT2D eigenvalue weighted by Gasteiger charge is 2.04. The molecule has 0 fully saturated rings. The molecule has 0 aliphatic rings. The zero-order valence-electron chi connectivity index (χ0n) is 12.5. The summed E-state index contributed by atoms with van der Waals surface area (Å²) >= 11 is 0. The van der Waals surface area contributed by atoms with Gasteiger partial charge in [0.15, 0.2) is 11.5 Å². The zero-order valence-corrected chi connectivity index (χ0v) is 12.5. The minimum atomic E-state index is 0.704. The lowest BCUT2D eigenvalue weighted by Crippen LogP contribution is -2.08. The molecule has 21 heavy (non-hydrogen) atoms. The smallest absolute Gasteiger partial charge is 0.169 e. The van der Waals surface area contributed by atoms with E-state index < -0.39 is 0 Å². The average Bonchev–Trinajstić information content (AvgIpc) is 2.54. The first-order valence-electron chi connectivity index (χ1n) is 7.06. The summed E-state index contributed by atoms with van der Waals surface area (Å²) in [6.07, 6.45) is 0. The molecule has 112 valence electrons. The van der Waals surface area contributed by atoms with E-state index in [9.17, 15) is 0 Å². The van der Waals surface area contributed by atoms with Gasteiger partial charge in [-0.05, 0) is 43.3 Å². The van der Waals surface area contributed by atoms with Crippen molar-refractivity contribution in [3.8, 4) is 17.2 Å². The number of anilines is 1. The second kappa shape index (κ2) is 8.17. The van der Waals surface area contributed by atoms with Gasteiger partial charge in [0.05, 0.1) is 13.7 Å². The summed E-state index contributed by atoms with van der Waals surface area (Å²) < 4.78 is 16.4. The first-order valence-corrected chi connectivity index (χ1v) is 7.06. The van der Waals surface area contributed by atoms with Gasteiger partial charge in [-0.25, -0.2) is 0 Å². The standard InChI is InChI=1S/C17H21NO3/c1-3-20-13-12-18-14-8-10-15(11-9-14)21-17-7-5-4-6-16(17)19-2/h4-11,18H,3,12-13H2,1-2H3. The third-order valence-electron chi connectivity index (χ3n) is 2.93. The highest BCUT2D eigenvalue weighted by molar-refractivity contribution is 5.48. The fourth-order valence-corrected chi connectivity index (χ4v) is 1.88. The molecule has 0 aliphatic carbocycles. The van der Waals surface area contributed by atoms with Crippen LogP contribution in [-0.4, -0.2) is 26.9 Å². The Morgan fingerprint density at radius 1 is 0.952 bits per heavy atom. The molecule has 0 bridgehead atoms. The Bertz CT molecular complexity index is 540. The Balaban J connectivity index is 1.93. The van der Waals surface area contributed by atoms with E-state index in [1.165, 1.54) is 0 Å². The summed E-state index contributed by atoms with van der Waals surface area (Å²) in [5.41, 5.74) is 1.04. The summed E-state index contributed by atoms with van der Waals surface area (Å²) in [5.74, 6) is 2.20. The molecule has 0 aliphatic heterocycles. The molecule has 0 unspecified atom stereocenters. The Morgan fingerprint density at radius 2 is 1.67 bits per heavy atom. The van der Waals surface area contributed by atoms with Gasteiger partial charge in [0, 0.05) is 18.8 Å². The van der Waals surface area contributed by atoms with Crippen molar-refractivity contribution in [2.45, 2.75) is 6.92 Å². The molecular weight excluding hydrogens is 266 g/mol. The Hall–Kier alpha value is -2.20. The molecule has 2 aromatic carbocycles. The predicted octanol–water partition coefficient (Wildman–Crippen LogP) is 3.94. The summed E-state index contributed by atoms with van der Waals surface area (Å²) in [6, 6.07) is 15.4. The highest BCUT2D eigenvalue weighted by Crippen LogP contribution is 2.31. The van der Waals surface area contributed by atoms with Crippen molar-refractivity contribution < 1.29 is 14.2 Å². The molecule has 1 N–H and O–H groups in total. The van der Waals surface area contributed by atoms with Crippen LogP contribution in [-0.2, 0) is 4.74 Å². The second-order valence-corrected chi connectivity index (χ2v) is 4.40. The lowest BCUT2D eigenvalue weighted by Gasteiger charge is -2.11. The summed E-state index contributed by atoms with van der Waals surface area (Å²) in [7, 11) is 1.63. The van der Waals surface area contributed by atoms with E-state index >= 15 is 0 Å². The van der Waals surface area contributed by atoms with E-state index in [-0.39, 0.29) is 0 Å². The van der Waals surface area contributed by atoms with Crippen LogP contribution < -0.4 is 14.8 Å². The molecule has 0 radical (unpaired) electrons. The number of nitrogens with one attached hydrogen (secondary N) is 1. The monoisotopic (exact) mass is 287 g/mol. The molecule has 0 saturated carbocycles. The van der Waals surface area contributed by atoms with Crippen LogP contribution in [0.5, 0.6) is 17.2 Å². The van der Waals surface area contributed by atoms with E-state index in [1.54, 1.807) is 7.11 Å². The summed E-state index contributed by atoms with van der Waals surface area (Å²) in [6.45, 7) is 4.23. The maximum atomic E-state index is 5.82. The van der Waals surface area contributed by atoms with Gasteiger partial charge in [-0.15, -0.1) is 0 Å². The summed E-state index contributed by atoms with van der Waals surface area (Å²) in [5, 5.41) is 3.29. The van der Waals surface area contributed by atoms with Crippen LogP contribution in [0.15, 0.2) is 48.5 Å². The maximum Gasteiger partial charge on any atom is 0.169 e. The van der Waals surface area contributed by atoms with Gasteiger partial charge in [-0.1, -0.05) is 12.1 Å². The Kier molecular flexibility index (Phi) is 5.91. The van der Waals surface area contributed by atoms with Crippen molar-refractivity contribution in [3.05, 3.63) is 48.5 Å². The largest absolute Gasteiger partial charge is 0.493 e. The number of benzene rings is 2. The Morgan fingerprint density at radius 3 is 2.33 bits per heavy atom. The van der Waals surface area contributed by atoms with Crippen molar-refractivity contribution >= 4 is 5.69 Å². The third-order valence-corrected chi connectivity index (χ3v) is 2.93. The van der Waals surface area contributed by atoms with Crippen LogP contribution in [0.25, 0.3) is 0 Å². The zero-order chi connectivity index (χ0) is 14.9. The molecule has 0 aromatic heterocycles. The minimum absolute atomic E-state index is 0.704. The molecule has 0 amide bonds. The third kappa shape index (κ3) is 4.68. The number of methoxy groups -OCH3 is 1. The quantitative estimate of drug-likeness (QED) is 0.747. The van der Waals surface area contributed by atoms with Crippen molar-refractivity contribution in [2.24, 2.45) is 0 Å². The van der Waals surface area contributed by atoms with Gasteiger partial charge in [-0.3, -0.25) is 0 Å². The van der Waals surface area contributed by atoms with Gasteiger partial charge in [0.25, 0.3) is 0 Å². The van der Waals surface area contributed by atoms with Crippen molar-refractivity contribution in [1.29, 1.82) is 0 Å².